The van der Waals surface area contributed by atoms with Gasteiger partial charge < -0.3 is 20.7 Å². The van der Waals surface area contributed by atoms with E-state index in [-0.39, 0.29) is 30.2 Å². The van der Waals surface area contributed by atoms with Crippen LogP contribution in [0.25, 0.3) is 0 Å². The van der Waals surface area contributed by atoms with Gasteiger partial charge in [0.15, 0.2) is 0 Å². The maximum absolute atomic E-state index is 13.0. The lowest BCUT2D eigenvalue weighted by molar-refractivity contribution is -0.136. The number of likely N-dealkylation sites (N-methyl/N-ethyl adjacent to an activating group) is 1. The van der Waals surface area contributed by atoms with Gasteiger partial charge in [0.05, 0.1) is 0 Å². The van der Waals surface area contributed by atoms with E-state index in [1.165, 1.54) is 0 Å². The maximum Gasteiger partial charge on any atom is 0.245 e. The van der Waals surface area contributed by atoms with E-state index >= 15 is 0 Å². The molecule has 0 aromatic heterocycles. The van der Waals surface area contributed by atoms with Gasteiger partial charge in [0.2, 0.25) is 17.7 Å². The number of primary amides is 1. The molecule has 33 heavy (non-hydrogen) atoms. The van der Waals surface area contributed by atoms with Gasteiger partial charge in [-0.2, -0.15) is 0 Å². The average Bonchev–Trinajstić information content (AvgIpc) is 3.67. The number of hydrogen-bond donors (Lipinski definition) is 2. The summed E-state index contributed by atoms with van der Waals surface area (Å²) in [5.74, 6) is -0.433. The van der Waals surface area contributed by atoms with Crippen molar-refractivity contribution in [2.45, 2.75) is 57.7 Å². The molecule has 1 aliphatic rings. The third-order valence-corrected chi connectivity index (χ3v) is 5.98. The zero-order chi connectivity index (χ0) is 23.8. The maximum atomic E-state index is 13.0. The Hall–Kier alpha value is -3.35. The predicted molar refractivity (Wildman–Crippen MR) is 126 cm³/mol. The number of ether oxygens (including phenoxy) is 1. The van der Waals surface area contributed by atoms with Gasteiger partial charge in [-0.15, -0.1) is 0 Å². The second-order valence-electron chi connectivity index (χ2n) is 8.76. The number of carbonyl (C=O) groups excluding carboxylic acids is 3. The zero-order valence-corrected chi connectivity index (χ0v) is 19.3. The molecule has 0 spiro atoms. The molecule has 0 saturated heterocycles. The van der Waals surface area contributed by atoms with Gasteiger partial charge in [-0.1, -0.05) is 49.4 Å². The van der Waals surface area contributed by atoms with E-state index in [9.17, 15) is 14.4 Å². The molecule has 1 aliphatic carbocycles. The molecule has 2 aromatic carbocycles. The molecule has 0 radical (unpaired) electrons. The smallest absolute Gasteiger partial charge is 0.245 e. The fourth-order valence-corrected chi connectivity index (χ4v) is 3.54. The fraction of sp³-hybridized carbons (Fsp3) is 0.423. The minimum atomic E-state index is -0.664. The highest BCUT2D eigenvalue weighted by molar-refractivity contribution is 5.88. The van der Waals surface area contributed by atoms with Gasteiger partial charge in [0.25, 0.3) is 0 Å². The van der Waals surface area contributed by atoms with Crippen molar-refractivity contribution in [1.82, 2.24) is 10.2 Å². The van der Waals surface area contributed by atoms with E-state index in [4.69, 9.17) is 10.5 Å². The van der Waals surface area contributed by atoms with Gasteiger partial charge in [0, 0.05) is 31.8 Å². The second kappa shape index (κ2) is 11.5. The van der Waals surface area contributed by atoms with Crippen LogP contribution in [0.15, 0.2) is 54.6 Å². The Morgan fingerprint density at radius 2 is 1.73 bits per heavy atom. The summed E-state index contributed by atoms with van der Waals surface area (Å²) < 4.78 is 5.83. The molecule has 3 N–H and O–H groups in total. The van der Waals surface area contributed by atoms with E-state index in [1.807, 2.05) is 54.6 Å². The first-order chi connectivity index (χ1) is 15.8. The van der Waals surface area contributed by atoms with Crippen LogP contribution in [0.2, 0.25) is 0 Å². The van der Waals surface area contributed by atoms with Crippen molar-refractivity contribution in [2.75, 3.05) is 7.05 Å². The molecule has 1 saturated carbocycles. The number of nitrogens with two attached hydrogens (primary N) is 1. The van der Waals surface area contributed by atoms with Crippen LogP contribution in [0.5, 0.6) is 5.75 Å². The average molecular weight is 452 g/mol. The lowest BCUT2D eigenvalue weighted by Crippen LogP contribution is -2.49. The summed E-state index contributed by atoms with van der Waals surface area (Å²) in [6.45, 7) is 2.17. The van der Waals surface area contributed by atoms with Crippen molar-refractivity contribution in [3.63, 3.8) is 0 Å². The fourth-order valence-electron chi connectivity index (χ4n) is 3.54. The summed E-state index contributed by atoms with van der Waals surface area (Å²) in [5.41, 5.74) is 7.29. The molecule has 3 amide bonds. The summed E-state index contributed by atoms with van der Waals surface area (Å²) in [7, 11) is 1.79. The van der Waals surface area contributed by atoms with Gasteiger partial charge >= 0.3 is 0 Å². The largest absolute Gasteiger partial charge is 0.489 e. The highest BCUT2D eigenvalue weighted by Gasteiger charge is 2.34. The van der Waals surface area contributed by atoms with E-state index in [2.05, 4.69) is 5.32 Å². The summed E-state index contributed by atoms with van der Waals surface area (Å²) in [4.78, 5) is 38.5. The number of nitrogens with one attached hydrogen (secondary N) is 1. The van der Waals surface area contributed by atoms with Gasteiger partial charge in [0.1, 0.15) is 18.4 Å². The molecular weight excluding hydrogens is 418 g/mol. The SMILES string of the molecule is CC(CCC(=O)NC(Cc1ccc(OCc2ccccc2)cc1)C(=O)N(C)C1CC1)C(N)=O. The molecule has 0 heterocycles. The second-order valence-corrected chi connectivity index (χ2v) is 8.76. The van der Waals surface area contributed by atoms with Crippen molar-refractivity contribution >= 4 is 17.7 Å². The van der Waals surface area contributed by atoms with Crippen LogP contribution in [0.3, 0.4) is 0 Å². The summed E-state index contributed by atoms with van der Waals surface area (Å²) in [6.07, 6.45) is 2.87. The molecular formula is C26H33N3O4. The Labute approximate surface area is 195 Å². The number of carbonyl (C=O) groups is 3. The quantitative estimate of drug-likeness (QED) is 0.518. The van der Waals surface area contributed by atoms with Crippen molar-refractivity contribution in [2.24, 2.45) is 11.7 Å². The molecule has 0 aliphatic heterocycles. The van der Waals surface area contributed by atoms with Crippen LogP contribution in [0.1, 0.15) is 43.7 Å². The number of amides is 3. The lowest BCUT2D eigenvalue weighted by atomic mass is 10.0. The van der Waals surface area contributed by atoms with Crippen LogP contribution in [-0.2, 0) is 27.4 Å². The van der Waals surface area contributed by atoms with Crippen molar-refractivity contribution in [3.05, 3.63) is 65.7 Å². The van der Waals surface area contributed by atoms with Crippen LogP contribution in [0.4, 0.5) is 0 Å². The first-order valence-corrected chi connectivity index (χ1v) is 11.4. The molecule has 176 valence electrons. The van der Waals surface area contributed by atoms with Crippen molar-refractivity contribution in [3.8, 4) is 5.75 Å². The van der Waals surface area contributed by atoms with E-state index in [0.29, 0.717) is 19.4 Å². The molecule has 2 unspecified atom stereocenters. The normalized spacial score (nSPS) is 14.7. The van der Waals surface area contributed by atoms with Gasteiger partial charge in [-0.05, 0) is 42.5 Å². The highest BCUT2D eigenvalue weighted by atomic mass is 16.5. The topological polar surface area (TPSA) is 102 Å². The van der Waals surface area contributed by atoms with Crippen molar-refractivity contribution in [1.29, 1.82) is 0 Å². The predicted octanol–water partition coefficient (Wildman–Crippen LogP) is 2.82. The van der Waals surface area contributed by atoms with E-state index in [0.717, 1.165) is 29.7 Å². The highest BCUT2D eigenvalue weighted by Crippen LogP contribution is 2.26. The van der Waals surface area contributed by atoms with Gasteiger partial charge in [-0.3, -0.25) is 14.4 Å². The van der Waals surface area contributed by atoms with E-state index < -0.39 is 11.9 Å². The van der Waals surface area contributed by atoms with Crippen LogP contribution in [-0.4, -0.2) is 41.8 Å². The van der Waals surface area contributed by atoms with Gasteiger partial charge in [-0.25, -0.2) is 0 Å². The van der Waals surface area contributed by atoms with E-state index in [1.54, 1.807) is 18.9 Å². The molecule has 1 fully saturated rings. The Kier molecular flexibility index (Phi) is 8.46. The molecule has 7 nitrogen and oxygen atoms in total. The third kappa shape index (κ3) is 7.63. The lowest BCUT2D eigenvalue weighted by Gasteiger charge is -2.25. The third-order valence-electron chi connectivity index (χ3n) is 5.98. The minimum absolute atomic E-state index is 0.0989. The first kappa shape index (κ1) is 24.3. The number of rotatable bonds is 12. The van der Waals surface area contributed by atoms with Crippen LogP contribution in [0, 0.1) is 5.92 Å². The zero-order valence-electron chi connectivity index (χ0n) is 19.3. The van der Waals surface area contributed by atoms with Crippen LogP contribution >= 0.6 is 0 Å². The van der Waals surface area contributed by atoms with Crippen LogP contribution < -0.4 is 15.8 Å². The first-order valence-electron chi connectivity index (χ1n) is 11.4. The Bertz CT molecular complexity index is 942. The van der Waals surface area contributed by atoms with Crippen molar-refractivity contribution < 1.29 is 19.1 Å². The molecule has 2 aromatic rings. The Morgan fingerprint density at radius 3 is 2.33 bits per heavy atom. The summed E-state index contributed by atoms with van der Waals surface area (Å²) >= 11 is 0. The summed E-state index contributed by atoms with van der Waals surface area (Å²) in [5, 5.41) is 2.87. The number of benzene rings is 2. The molecule has 3 rings (SSSR count). The molecule has 2 atom stereocenters. The number of nitrogens with zero attached hydrogens (tertiary/aromatic N) is 1. The Morgan fingerprint density at radius 1 is 1.06 bits per heavy atom. The number of hydrogen-bond acceptors (Lipinski definition) is 4. The monoisotopic (exact) mass is 451 g/mol. The summed E-state index contributed by atoms with van der Waals surface area (Å²) in [6, 6.07) is 17.1. The standard InChI is InChI=1S/C26H33N3O4/c1-18(25(27)31)8-15-24(30)28-23(26(32)29(2)21-11-12-21)16-19-9-13-22(14-10-19)33-17-20-6-4-3-5-7-20/h3-7,9-10,13-14,18,21,23H,8,11-12,15-17H2,1-2H3,(H2,27,31)(H,28,30). The Balaban J connectivity index is 1.60. The minimum Gasteiger partial charge on any atom is -0.489 e. The molecule has 7 heteroatoms. The molecule has 0 bridgehead atoms.